The van der Waals surface area contributed by atoms with Crippen LogP contribution >= 0.6 is 0 Å². The van der Waals surface area contributed by atoms with Crippen LogP contribution < -0.4 is 11.1 Å². The van der Waals surface area contributed by atoms with E-state index in [0.29, 0.717) is 6.42 Å². The number of nitrogens with two attached hydrogens (primary N) is 1. The molecule has 0 heterocycles. The molecule has 0 aromatic rings. The third-order valence-electron chi connectivity index (χ3n) is 4.57. The van der Waals surface area contributed by atoms with Crippen molar-refractivity contribution in [3.8, 4) is 0 Å². The number of aliphatic carboxylic acids is 1. The van der Waals surface area contributed by atoms with Crippen LogP contribution in [-0.4, -0.2) is 28.1 Å². The molecule has 0 bridgehead atoms. The summed E-state index contributed by atoms with van der Waals surface area (Å²) in [7, 11) is 0. The number of rotatable bonds is 5. The smallest absolute Gasteiger partial charge is 0.305 e. The molecule has 2 rings (SSSR count). The Morgan fingerprint density at radius 2 is 1.53 bits per heavy atom. The average Bonchev–Trinajstić information content (AvgIpc) is 2.87. The summed E-state index contributed by atoms with van der Waals surface area (Å²) >= 11 is 0. The zero-order chi connectivity index (χ0) is 13.9. The van der Waals surface area contributed by atoms with E-state index in [-0.39, 0.29) is 17.9 Å². The van der Waals surface area contributed by atoms with Gasteiger partial charge in [0.1, 0.15) is 0 Å². The van der Waals surface area contributed by atoms with Crippen molar-refractivity contribution in [1.29, 1.82) is 0 Å². The van der Waals surface area contributed by atoms with Gasteiger partial charge in [-0.25, -0.2) is 0 Å². The molecule has 5 heteroatoms. The first-order valence-electron chi connectivity index (χ1n) is 7.25. The number of carbonyl (C=O) groups excluding carboxylic acids is 1. The van der Waals surface area contributed by atoms with Crippen LogP contribution in [0.5, 0.6) is 0 Å². The van der Waals surface area contributed by atoms with Gasteiger partial charge < -0.3 is 16.2 Å². The fourth-order valence-electron chi connectivity index (χ4n) is 3.60. The van der Waals surface area contributed by atoms with Crippen LogP contribution in [0.25, 0.3) is 0 Å². The fraction of sp³-hybridized carbons (Fsp3) is 0.857. The molecular formula is C14H24N2O3. The standard InChI is InChI=1S/C14H24N2O3/c15-13(5-1-2-6-13)9-11(17)16-14(10-12(18)19)7-3-4-8-14/h1-10,15H2,(H,16,17)(H,18,19). The molecule has 2 saturated carbocycles. The molecule has 0 saturated heterocycles. The van der Waals surface area contributed by atoms with Crippen LogP contribution in [0.1, 0.15) is 64.2 Å². The molecule has 108 valence electrons. The van der Waals surface area contributed by atoms with Gasteiger partial charge in [0, 0.05) is 12.0 Å². The summed E-state index contributed by atoms with van der Waals surface area (Å²) < 4.78 is 0. The number of amides is 1. The van der Waals surface area contributed by atoms with Crippen LogP contribution in [0.15, 0.2) is 0 Å². The first-order valence-corrected chi connectivity index (χ1v) is 7.25. The second-order valence-electron chi connectivity index (χ2n) is 6.35. The highest BCUT2D eigenvalue weighted by molar-refractivity contribution is 5.79. The largest absolute Gasteiger partial charge is 0.481 e. The van der Waals surface area contributed by atoms with E-state index in [9.17, 15) is 9.59 Å². The number of nitrogens with one attached hydrogen (secondary N) is 1. The van der Waals surface area contributed by atoms with Crippen molar-refractivity contribution < 1.29 is 14.7 Å². The van der Waals surface area contributed by atoms with E-state index in [1.165, 1.54) is 0 Å². The Hall–Kier alpha value is -1.10. The van der Waals surface area contributed by atoms with Crippen molar-refractivity contribution in [1.82, 2.24) is 5.32 Å². The van der Waals surface area contributed by atoms with Gasteiger partial charge in [0.2, 0.25) is 5.91 Å². The third kappa shape index (κ3) is 3.69. The molecule has 0 atom stereocenters. The van der Waals surface area contributed by atoms with Crippen molar-refractivity contribution in [2.75, 3.05) is 0 Å². The van der Waals surface area contributed by atoms with Gasteiger partial charge in [0.15, 0.2) is 0 Å². The van der Waals surface area contributed by atoms with Gasteiger partial charge in [-0.3, -0.25) is 9.59 Å². The number of hydrogen-bond acceptors (Lipinski definition) is 3. The van der Waals surface area contributed by atoms with Gasteiger partial charge in [-0.2, -0.15) is 0 Å². The molecule has 1 amide bonds. The number of carbonyl (C=O) groups is 2. The summed E-state index contributed by atoms with van der Waals surface area (Å²) in [6.45, 7) is 0. The zero-order valence-corrected chi connectivity index (χ0v) is 11.4. The Morgan fingerprint density at radius 1 is 1.00 bits per heavy atom. The van der Waals surface area contributed by atoms with E-state index in [2.05, 4.69) is 5.32 Å². The molecule has 0 aliphatic heterocycles. The van der Waals surface area contributed by atoms with Crippen molar-refractivity contribution in [2.24, 2.45) is 5.73 Å². The molecule has 5 nitrogen and oxygen atoms in total. The molecule has 4 N–H and O–H groups in total. The van der Waals surface area contributed by atoms with Crippen LogP contribution in [0.4, 0.5) is 0 Å². The summed E-state index contributed by atoms with van der Waals surface area (Å²) in [6, 6.07) is 0. The minimum Gasteiger partial charge on any atom is -0.481 e. The maximum atomic E-state index is 12.2. The lowest BCUT2D eigenvalue weighted by Crippen LogP contribution is -2.51. The first kappa shape index (κ1) is 14.3. The Morgan fingerprint density at radius 3 is 2.05 bits per heavy atom. The molecular weight excluding hydrogens is 244 g/mol. The van der Waals surface area contributed by atoms with Crippen molar-refractivity contribution in [3.63, 3.8) is 0 Å². The van der Waals surface area contributed by atoms with Gasteiger partial charge in [-0.1, -0.05) is 25.7 Å². The van der Waals surface area contributed by atoms with Crippen molar-refractivity contribution in [2.45, 2.75) is 75.3 Å². The quantitative estimate of drug-likeness (QED) is 0.705. The molecule has 2 aliphatic rings. The lowest BCUT2D eigenvalue weighted by molar-refractivity contribution is -0.139. The summed E-state index contributed by atoms with van der Waals surface area (Å²) in [4.78, 5) is 23.1. The van der Waals surface area contributed by atoms with Crippen molar-refractivity contribution >= 4 is 11.9 Å². The number of carboxylic acids is 1. The fourth-order valence-corrected chi connectivity index (χ4v) is 3.60. The summed E-state index contributed by atoms with van der Waals surface area (Å²) in [5.41, 5.74) is 5.30. The van der Waals surface area contributed by atoms with E-state index in [1.807, 2.05) is 0 Å². The molecule has 2 aliphatic carbocycles. The lowest BCUT2D eigenvalue weighted by Gasteiger charge is -2.31. The van der Waals surface area contributed by atoms with Gasteiger partial charge in [-0.15, -0.1) is 0 Å². The normalized spacial score (nSPS) is 24.3. The predicted molar refractivity (Wildman–Crippen MR) is 71.6 cm³/mol. The van der Waals surface area contributed by atoms with Gasteiger partial charge in [-0.05, 0) is 25.7 Å². The maximum Gasteiger partial charge on any atom is 0.305 e. The third-order valence-corrected chi connectivity index (χ3v) is 4.57. The molecule has 0 unspecified atom stereocenters. The zero-order valence-electron chi connectivity index (χ0n) is 11.4. The predicted octanol–water partition coefficient (Wildman–Crippen LogP) is 1.55. The minimum absolute atomic E-state index is 0.0241. The lowest BCUT2D eigenvalue weighted by atomic mass is 9.90. The number of hydrogen-bond donors (Lipinski definition) is 3. The van der Waals surface area contributed by atoms with Gasteiger partial charge >= 0.3 is 5.97 Å². The monoisotopic (exact) mass is 268 g/mol. The Labute approximate surface area is 113 Å². The highest BCUT2D eigenvalue weighted by Gasteiger charge is 2.39. The molecule has 0 spiro atoms. The van der Waals surface area contributed by atoms with Crippen LogP contribution in [0, 0.1) is 0 Å². The molecule has 0 radical (unpaired) electrons. The summed E-state index contributed by atoms with van der Waals surface area (Å²) in [6.07, 6.45) is 7.82. The minimum atomic E-state index is -0.842. The van der Waals surface area contributed by atoms with Gasteiger partial charge in [0.05, 0.1) is 12.0 Å². The average molecular weight is 268 g/mol. The topological polar surface area (TPSA) is 92.4 Å². The van der Waals surface area contributed by atoms with E-state index >= 15 is 0 Å². The van der Waals surface area contributed by atoms with E-state index in [4.69, 9.17) is 10.8 Å². The second-order valence-corrected chi connectivity index (χ2v) is 6.35. The molecule has 19 heavy (non-hydrogen) atoms. The Balaban J connectivity index is 1.93. The van der Waals surface area contributed by atoms with Gasteiger partial charge in [0.25, 0.3) is 0 Å². The second kappa shape index (κ2) is 5.49. The van der Waals surface area contributed by atoms with Crippen LogP contribution in [0.3, 0.4) is 0 Å². The number of carboxylic acid groups (broad SMARTS) is 1. The summed E-state index contributed by atoms with van der Waals surface area (Å²) in [5, 5.41) is 12.0. The molecule has 0 aromatic heterocycles. The molecule has 0 aromatic carbocycles. The highest BCUT2D eigenvalue weighted by Crippen LogP contribution is 2.34. The van der Waals surface area contributed by atoms with Crippen LogP contribution in [0.2, 0.25) is 0 Å². The first-order chi connectivity index (χ1) is 8.93. The SMILES string of the molecule is NC1(CC(=O)NC2(CC(=O)O)CCCC2)CCCC1. The van der Waals surface area contributed by atoms with Crippen molar-refractivity contribution in [3.05, 3.63) is 0 Å². The van der Waals surface area contributed by atoms with E-state index < -0.39 is 11.5 Å². The molecule has 2 fully saturated rings. The Kier molecular flexibility index (Phi) is 4.13. The Bertz CT molecular complexity index is 356. The highest BCUT2D eigenvalue weighted by atomic mass is 16.4. The summed E-state index contributed by atoms with van der Waals surface area (Å²) in [5.74, 6) is -0.918. The maximum absolute atomic E-state index is 12.2. The van der Waals surface area contributed by atoms with Crippen LogP contribution in [-0.2, 0) is 9.59 Å². The van der Waals surface area contributed by atoms with E-state index in [1.54, 1.807) is 0 Å². The van der Waals surface area contributed by atoms with E-state index in [0.717, 1.165) is 51.4 Å².